The van der Waals surface area contributed by atoms with Gasteiger partial charge in [0.25, 0.3) is 0 Å². The summed E-state index contributed by atoms with van der Waals surface area (Å²) in [4.78, 5) is 16.1. The first kappa shape index (κ1) is 17.7. The zero-order chi connectivity index (χ0) is 18.4. The van der Waals surface area contributed by atoms with Gasteiger partial charge in [0.2, 0.25) is 5.91 Å². The van der Waals surface area contributed by atoms with Crippen molar-refractivity contribution in [1.29, 1.82) is 0 Å². The topological polar surface area (TPSA) is 64.4 Å². The first-order valence-electron chi connectivity index (χ1n) is 8.58. The average molecular weight is 350 g/mol. The van der Waals surface area contributed by atoms with Gasteiger partial charge in [0.15, 0.2) is 12.2 Å². The summed E-state index contributed by atoms with van der Waals surface area (Å²) in [5.41, 5.74) is 4.00. The second-order valence-corrected chi connectivity index (χ2v) is 6.17. The quantitative estimate of drug-likeness (QED) is 0.675. The predicted molar refractivity (Wildman–Crippen MR) is 101 cm³/mol. The number of carbonyl (C=O) groups is 1. The van der Waals surface area contributed by atoms with Crippen LogP contribution >= 0.6 is 0 Å². The fourth-order valence-electron chi connectivity index (χ4n) is 2.87. The summed E-state index contributed by atoms with van der Waals surface area (Å²) in [6, 6.07) is 13.8. The normalized spacial score (nSPS) is 10.5. The van der Waals surface area contributed by atoms with Crippen LogP contribution in [0.3, 0.4) is 0 Å². The van der Waals surface area contributed by atoms with Gasteiger partial charge in [0, 0.05) is 18.2 Å². The average Bonchev–Trinajstić information content (AvgIpc) is 3.16. The summed E-state index contributed by atoms with van der Waals surface area (Å²) in [5.74, 6) is 1.24. The van der Waals surface area contributed by atoms with Gasteiger partial charge in [-0.05, 0) is 37.5 Å². The number of hydrogen-bond donors (Lipinski definition) is 1. The van der Waals surface area contributed by atoms with E-state index < -0.39 is 0 Å². The van der Waals surface area contributed by atoms with E-state index in [1.165, 1.54) is 17.5 Å². The molecule has 0 saturated heterocycles. The number of rotatable bonds is 7. The van der Waals surface area contributed by atoms with Crippen LogP contribution in [0.1, 0.15) is 24.0 Å². The van der Waals surface area contributed by atoms with Crippen molar-refractivity contribution in [1.82, 2.24) is 4.98 Å². The molecule has 1 amide bonds. The minimum atomic E-state index is -0.00729. The monoisotopic (exact) mass is 350 g/mol. The van der Waals surface area contributed by atoms with E-state index in [0.717, 1.165) is 18.4 Å². The molecule has 0 aliphatic carbocycles. The third kappa shape index (κ3) is 4.51. The fourth-order valence-corrected chi connectivity index (χ4v) is 2.87. The molecule has 0 spiro atoms. The van der Waals surface area contributed by atoms with E-state index in [-0.39, 0.29) is 5.91 Å². The first-order chi connectivity index (χ1) is 12.7. The van der Waals surface area contributed by atoms with Crippen LogP contribution in [0, 0.1) is 6.92 Å². The van der Waals surface area contributed by atoms with Gasteiger partial charge in [-0.25, -0.2) is 4.98 Å². The van der Waals surface area contributed by atoms with E-state index in [1.54, 1.807) is 19.4 Å². The Kier molecular flexibility index (Phi) is 5.69. The minimum Gasteiger partial charge on any atom is -0.496 e. The largest absolute Gasteiger partial charge is 0.496 e. The number of carbonyl (C=O) groups excluding carboxylic acids is 1. The molecule has 134 valence electrons. The summed E-state index contributed by atoms with van der Waals surface area (Å²) < 4.78 is 10.7. The minimum absolute atomic E-state index is 0.00729. The third-order valence-electron chi connectivity index (χ3n) is 4.13. The molecule has 0 fully saturated rings. The number of nitrogens with one attached hydrogen (secondary N) is 1. The highest BCUT2D eigenvalue weighted by Gasteiger charge is 2.11. The van der Waals surface area contributed by atoms with E-state index in [0.29, 0.717) is 23.6 Å². The van der Waals surface area contributed by atoms with Crippen LogP contribution in [-0.4, -0.2) is 18.0 Å². The van der Waals surface area contributed by atoms with Crippen LogP contribution in [0.4, 0.5) is 5.69 Å². The van der Waals surface area contributed by atoms with E-state index in [4.69, 9.17) is 9.15 Å². The van der Waals surface area contributed by atoms with Crippen molar-refractivity contribution in [3.63, 3.8) is 0 Å². The highest BCUT2D eigenvalue weighted by Crippen LogP contribution is 2.32. The lowest BCUT2D eigenvalue weighted by atomic mass is 10.1. The maximum atomic E-state index is 12.2. The van der Waals surface area contributed by atoms with Crippen LogP contribution in [0.15, 0.2) is 59.5 Å². The van der Waals surface area contributed by atoms with Gasteiger partial charge >= 0.3 is 0 Å². The van der Waals surface area contributed by atoms with Gasteiger partial charge in [0.1, 0.15) is 5.75 Å². The molecule has 1 heterocycles. The highest BCUT2D eigenvalue weighted by atomic mass is 16.5. The van der Waals surface area contributed by atoms with Crippen LogP contribution in [0.2, 0.25) is 0 Å². The smallest absolute Gasteiger partial charge is 0.224 e. The van der Waals surface area contributed by atoms with Gasteiger partial charge in [-0.1, -0.05) is 29.8 Å². The Bertz CT molecular complexity index is 873. The molecule has 0 aliphatic heterocycles. The van der Waals surface area contributed by atoms with E-state index in [2.05, 4.69) is 35.4 Å². The summed E-state index contributed by atoms with van der Waals surface area (Å²) in [5, 5.41) is 2.92. The molecule has 0 unspecified atom stereocenters. The van der Waals surface area contributed by atoms with E-state index >= 15 is 0 Å². The molecule has 1 aromatic heterocycles. The third-order valence-corrected chi connectivity index (χ3v) is 4.13. The zero-order valence-electron chi connectivity index (χ0n) is 15.0. The molecule has 3 aromatic rings. The summed E-state index contributed by atoms with van der Waals surface area (Å²) in [6.07, 6.45) is 5.17. The fraction of sp³-hybridized carbons (Fsp3) is 0.238. The van der Waals surface area contributed by atoms with Crippen LogP contribution in [-0.2, 0) is 11.2 Å². The van der Waals surface area contributed by atoms with Crippen LogP contribution in [0.5, 0.6) is 5.75 Å². The Morgan fingerprint density at radius 2 is 2.12 bits per heavy atom. The van der Waals surface area contributed by atoms with Crippen molar-refractivity contribution in [2.75, 3.05) is 12.4 Å². The molecule has 5 heteroatoms. The molecule has 0 atom stereocenters. The number of anilines is 1. The first-order valence-corrected chi connectivity index (χ1v) is 8.58. The number of aromatic nitrogens is 1. The number of amides is 1. The second kappa shape index (κ2) is 8.34. The van der Waals surface area contributed by atoms with Crippen molar-refractivity contribution in [3.05, 3.63) is 66.2 Å². The Balaban J connectivity index is 1.57. The van der Waals surface area contributed by atoms with Crippen molar-refractivity contribution >= 4 is 11.6 Å². The van der Waals surface area contributed by atoms with Gasteiger partial charge in [0.05, 0.1) is 18.9 Å². The number of benzene rings is 2. The Morgan fingerprint density at radius 3 is 2.85 bits per heavy atom. The molecule has 0 bridgehead atoms. The molecular formula is C21H22N2O3. The maximum absolute atomic E-state index is 12.2. The molecule has 0 saturated carbocycles. The van der Waals surface area contributed by atoms with Gasteiger partial charge in [-0.3, -0.25) is 4.79 Å². The Morgan fingerprint density at radius 1 is 1.23 bits per heavy atom. The van der Waals surface area contributed by atoms with Crippen molar-refractivity contribution in [3.8, 4) is 17.1 Å². The summed E-state index contributed by atoms with van der Waals surface area (Å²) >= 11 is 0. The van der Waals surface area contributed by atoms with Gasteiger partial charge < -0.3 is 14.5 Å². The number of aryl methyl sites for hydroxylation is 2. The summed E-state index contributed by atoms with van der Waals surface area (Å²) in [7, 11) is 1.59. The molecule has 1 N–H and O–H groups in total. The van der Waals surface area contributed by atoms with Gasteiger partial charge in [-0.2, -0.15) is 0 Å². The predicted octanol–water partition coefficient (Wildman–Crippen LogP) is 4.62. The van der Waals surface area contributed by atoms with Crippen LogP contribution < -0.4 is 10.1 Å². The zero-order valence-corrected chi connectivity index (χ0v) is 15.0. The van der Waals surface area contributed by atoms with Crippen molar-refractivity contribution < 1.29 is 13.9 Å². The van der Waals surface area contributed by atoms with Crippen molar-refractivity contribution in [2.45, 2.75) is 26.2 Å². The molecule has 3 rings (SSSR count). The maximum Gasteiger partial charge on any atom is 0.224 e. The second-order valence-electron chi connectivity index (χ2n) is 6.17. The van der Waals surface area contributed by atoms with Crippen LogP contribution in [0.25, 0.3) is 11.3 Å². The molecule has 26 heavy (non-hydrogen) atoms. The molecule has 0 radical (unpaired) electrons. The number of methoxy groups -OCH3 is 1. The van der Waals surface area contributed by atoms with Crippen molar-refractivity contribution in [2.24, 2.45) is 0 Å². The number of oxazole rings is 1. The lowest BCUT2D eigenvalue weighted by molar-refractivity contribution is -0.116. The number of nitrogens with zero attached hydrogens (tertiary/aromatic N) is 1. The SMILES string of the molecule is COc1cc(NC(=O)CCCc2cccc(C)c2)ccc1-c1cnco1. The number of ether oxygens (including phenoxy) is 1. The molecular weight excluding hydrogens is 328 g/mol. The Hall–Kier alpha value is -3.08. The van der Waals surface area contributed by atoms with E-state index in [9.17, 15) is 4.79 Å². The van der Waals surface area contributed by atoms with Gasteiger partial charge in [-0.15, -0.1) is 0 Å². The molecule has 5 nitrogen and oxygen atoms in total. The summed E-state index contributed by atoms with van der Waals surface area (Å²) in [6.45, 7) is 2.08. The lowest BCUT2D eigenvalue weighted by Gasteiger charge is -2.10. The number of hydrogen-bond acceptors (Lipinski definition) is 4. The van der Waals surface area contributed by atoms with E-state index in [1.807, 2.05) is 18.2 Å². The Labute approximate surface area is 153 Å². The lowest BCUT2D eigenvalue weighted by Crippen LogP contribution is -2.11. The standard InChI is InChI=1S/C21H22N2O3/c1-15-5-3-6-16(11-15)7-4-8-21(24)23-17-9-10-18(19(12-17)25-2)20-13-22-14-26-20/h3,5-6,9-14H,4,7-8H2,1-2H3,(H,23,24). The molecule has 2 aromatic carbocycles. The molecule has 0 aliphatic rings. The highest BCUT2D eigenvalue weighted by molar-refractivity contribution is 5.91.